The van der Waals surface area contributed by atoms with Gasteiger partial charge in [0.25, 0.3) is 0 Å². The van der Waals surface area contributed by atoms with E-state index in [0.717, 1.165) is 17.5 Å². The highest BCUT2D eigenvalue weighted by Crippen LogP contribution is 2.15. The smallest absolute Gasteiger partial charge is 0.326 e. The fourth-order valence-corrected chi connectivity index (χ4v) is 3.05. The molecule has 0 aliphatic heterocycles. The monoisotopic (exact) mass is 366 g/mol. The normalized spacial score (nSPS) is 10.7. The third kappa shape index (κ3) is 4.08. The van der Waals surface area contributed by atoms with E-state index in [1.807, 2.05) is 31.2 Å². The van der Waals surface area contributed by atoms with Gasteiger partial charge in [-0.25, -0.2) is 4.79 Å². The first kappa shape index (κ1) is 18.4. The summed E-state index contributed by atoms with van der Waals surface area (Å²) in [6.45, 7) is 3.99. The van der Waals surface area contributed by atoms with Gasteiger partial charge in [-0.3, -0.25) is 18.7 Å². The number of aryl methyl sites for hydroxylation is 1. The molecule has 0 aliphatic carbocycles. The number of hydrogen-bond donors (Lipinski definition) is 2. The van der Waals surface area contributed by atoms with Gasteiger partial charge in [0.15, 0.2) is 0 Å². The molecule has 1 aromatic heterocycles. The molecule has 0 fully saturated rings. The summed E-state index contributed by atoms with van der Waals surface area (Å²) in [6, 6.07) is 14.3. The highest BCUT2D eigenvalue weighted by atomic mass is 16.2. The Morgan fingerprint density at radius 1 is 0.889 bits per heavy atom. The zero-order chi connectivity index (χ0) is 19.4. The summed E-state index contributed by atoms with van der Waals surface area (Å²) in [7, 11) is 0. The molecule has 0 aliphatic rings. The Morgan fingerprint density at radius 3 is 2.00 bits per heavy atom. The summed E-state index contributed by atoms with van der Waals surface area (Å²) in [5.74, 6) is -0.446. The molecule has 140 valence electrons. The molecule has 0 saturated heterocycles. The Balaban J connectivity index is 1.79. The van der Waals surface area contributed by atoms with E-state index in [-0.39, 0.29) is 24.0 Å². The average Bonchev–Trinajstić information content (AvgIpc) is 2.89. The fourth-order valence-electron chi connectivity index (χ4n) is 3.05. The van der Waals surface area contributed by atoms with Gasteiger partial charge >= 0.3 is 5.69 Å². The number of nitrogens with one attached hydrogen (secondary N) is 2. The Kier molecular flexibility index (Phi) is 5.40. The zero-order valence-corrected chi connectivity index (χ0v) is 15.4. The average molecular weight is 366 g/mol. The molecule has 1 heterocycles. The molecule has 7 nitrogen and oxygen atoms in total. The molecule has 0 saturated carbocycles. The van der Waals surface area contributed by atoms with E-state index in [2.05, 4.69) is 10.6 Å². The number of para-hydroxylation sites is 2. The number of anilines is 2. The van der Waals surface area contributed by atoms with Crippen LogP contribution < -0.4 is 16.3 Å². The van der Waals surface area contributed by atoms with E-state index in [9.17, 15) is 14.4 Å². The SMILES string of the molecule is CCCn1c(=O)n(CC(=O)Nc2ccc(NC(C)=O)cc2)c2ccccc21. The summed E-state index contributed by atoms with van der Waals surface area (Å²) >= 11 is 0. The van der Waals surface area contributed by atoms with Crippen molar-refractivity contribution in [3.05, 3.63) is 59.0 Å². The van der Waals surface area contributed by atoms with Crippen LogP contribution in [0.3, 0.4) is 0 Å². The predicted octanol–water partition coefficient (Wildman–Crippen LogP) is 2.81. The number of rotatable bonds is 6. The molecule has 7 heteroatoms. The third-order valence-corrected chi connectivity index (χ3v) is 4.16. The molecule has 0 bridgehead atoms. The maximum atomic E-state index is 12.7. The number of amides is 2. The molecule has 2 N–H and O–H groups in total. The molecule has 2 amide bonds. The Morgan fingerprint density at radius 2 is 1.44 bits per heavy atom. The van der Waals surface area contributed by atoms with Crippen LogP contribution in [-0.4, -0.2) is 20.9 Å². The predicted molar refractivity (Wildman–Crippen MR) is 106 cm³/mol. The Labute approximate surface area is 156 Å². The van der Waals surface area contributed by atoms with Gasteiger partial charge < -0.3 is 10.6 Å². The minimum Gasteiger partial charge on any atom is -0.326 e. The van der Waals surface area contributed by atoms with Crippen molar-refractivity contribution in [3.63, 3.8) is 0 Å². The second-order valence-electron chi connectivity index (χ2n) is 6.32. The third-order valence-electron chi connectivity index (χ3n) is 4.16. The number of imidazole rings is 1. The van der Waals surface area contributed by atoms with Crippen LogP contribution in [0.25, 0.3) is 11.0 Å². The topological polar surface area (TPSA) is 85.1 Å². The van der Waals surface area contributed by atoms with E-state index in [4.69, 9.17) is 0 Å². The quantitative estimate of drug-likeness (QED) is 0.703. The minimum absolute atomic E-state index is 0.0660. The number of carbonyl (C=O) groups excluding carboxylic acids is 2. The van der Waals surface area contributed by atoms with Crippen LogP contribution >= 0.6 is 0 Å². The van der Waals surface area contributed by atoms with Crippen LogP contribution in [0.5, 0.6) is 0 Å². The number of benzene rings is 2. The maximum Gasteiger partial charge on any atom is 0.329 e. The molecule has 3 rings (SSSR count). The van der Waals surface area contributed by atoms with Crippen molar-refractivity contribution in [2.24, 2.45) is 0 Å². The molecular weight excluding hydrogens is 344 g/mol. The molecule has 3 aromatic rings. The summed E-state index contributed by atoms with van der Waals surface area (Å²) in [6.07, 6.45) is 0.834. The first-order valence-electron chi connectivity index (χ1n) is 8.85. The van der Waals surface area contributed by atoms with E-state index in [0.29, 0.717) is 17.9 Å². The first-order valence-corrected chi connectivity index (χ1v) is 8.85. The van der Waals surface area contributed by atoms with E-state index in [1.165, 1.54) is 11.5 Å². The second-order valence-corrected chi connectivity index (χ2v) is 6.32. The number of aromatic nitrogens is 2. The summed E-state index contributed by atoms with van der Waals surface area (Å²) in [5.41, 5.74) is 2.64. The number of nitrogens with zero attached hydrogens (tertiary/aromatic N) is 2. The lowest BCUT2D eigenvalue weighted by molar-refractivity contribution is -0.117. The minimum atomic E-state index is -0.288. The van der Waals surface area contributed by atoms with Crippen LogP contribution in [0.4, 0.5) is 11.4 Å². The van der Waals surface area contributed by atoms with Gasteiger partial charge in [0.1, 0.15) is 6.54 Å². The Bertz CT molecular complexity index is 1030. The summed E-state index contributed by atoms with van der Waals surface area (Å²) in [5, 5.41) is 5.45. The molecule has 0 spiro atoms. The van der Waals surface area contributed by atoms with Crippen molar-refractivity contribution < 1.29 is 9.59 Å². The molecule has 0 atom stereocenters. The van der Waals surface area contributed by atoms with Crippen molar-refractivity contribution in [2.45, 2.75) is 33.4 Å². The molecule has 0 radical (unpaired) electrons. The fraction of sp³-hybridized carbons (Fsp3) is 0.250. The zero-order valence-electron chi connectivity index (χ0n) is 15.4. The number of hydrogen-bond acceptors (Lipinski definition) is 3. The van der Waals surface area contributed by atoms with E-state index in [1.54, 1.807) is 28.8 Å². The highest BCUT2D eigenvalue weighted by molar-refractivity contribution is 5.92. The van der Waals surface area contributed by atoms with Gasteiger partial charge in [-0.05, 0) is 42.8 Å². The largest absolute Gasteiger partial charge is 0.329 e. The summed E-state index contributed by atoms with van der Waals surface area (Å²) in [4.78, 5) is 36.2. The lowest BCUT2D eigenvalue weighted by Gasteiger charge is -2.08. The van der Waals surface area contributed by atoms with Gasteiger partial charge in [0.05, 0.1) is 11.0 Å². The van der Waals surface area contributed by atoms with Crippen molar-refractivity contribution in [1.29, 1.82) is 0 Å². The summed E-state index contributed by atoms with van der Waals surface area (Å²) < 4.78 is 3.19. The van der Waals surface area contributed by atoms with E-state index < -0.39 is 0 Å². The molecule has 2 aromatic carbocycles. The van der Waals surface area contributed by atoms with Crippen molar-refractivity contribution in [3.8, 4) is 0 Å². The van der Waals surface area contributed by atoms with Crippen LogP contribution in [-0.2, 0) is 22.7 Å². The highest BCUT2D eigenvalue weighted by Gasteiger charge is 2.15. The van der Waals surface area contributed by atoms with Crippen molar-refractivity contribution in [2.75, 3.05) is 10.6 Å². The van der Waals surface area contributed by atoms with E-state index >= 15 is 0 Å². The van der Waals surface area contributed by atoms with Crippen LogP contribution in [0.2, 0.25) is 0 Å². The van der Waals surface area contributed by atoms with Gasteiger partial charge in [0, 0.05) is 24.8 Å². The van der Waals surface area contributed by atoms with Crippen LogP contribution in [0, 0.1) is 0 Å². The van der Waals surface area contributed by atoms with Gasteiger partial charge in [0.2, 0.25) is 11.8 Å². The lowest BCUT2D eigenvalue weighted by Crippen LogP contribution is -2.29. The van der Waals surface area contributed by atoms with Crippen LogP contribution in [0.15, 0.2) is 53.3 Å². The van der Waals surface area contributed by atoms with Gasteiger partial charge in [-0.2, -0.15) is 0 Å². The first-order chi connectivity index (χ1) is 13.0. The maximum absolute atomic E-state index is 12.7. The number of carbonyl (C=O) groups is 2. The Hall–Kier alpha value is -3.35. The second kappa shape index (κ2) is 7.90. The molecule has 27 heavy (non-hydrogen) atoms. The van der Waals surface area contributed by atoms with Crippen molar-refractivity contribution >= 4 is 34.2 Å². The van der Waals surface area contributed by atoms with Crippen molar-refractivity contribution in [1.82, 2.24) is 9.13 Å². The van der Waals surface area contributed by atoms with Crippen LogP contribution in [0.1, 0.15) is 20.3 Å². The molecular formula is C20H22N4O3. The number of fused-ring (bicyclic) bond motifs is 1. The van der Waals surface area contributed by atoms with Gasteiger partial charge in [-0.15, -0.1) is 0 Å². The standard InChI is InChI=1S/C20H22N4O3/c1-3-12-23-17-6-4-5-7-18(17)24(20(23)27)13-19(26)22-16-10-8-15(9-11-16)21-14(2)25/h4-11H,3,12-13H2,1-2H3,(H,21,25)(H,22,26). The molecule has 0 unspecified atom stereocenters. The lowest BCUT2D eigenvalue weighted by atomic mass is 10.2. The van der Waals surface area contributed by atoms with Gasteiger partial charge in [-0.1, -0.05) is 19.1 Å².